The molecule has 1 aliphatic rings. The smallest absolute Gasteiger partial charge is 0.186 e. The minimum absolute atomic E-state index is 0.0831. The SMILES string of the molecule is C/C=C\C=C/C1=CC(C)(C)c2cc(N(c3ccc(-c4cc5ccccc5c5ccccc45)cc3)c3c(O)c(C)c(C)c(O)c3O)ccc21. The Hall–Kier alpha value is -5.74. The van der Waals surface area contributed by atoms with Gasteiger partial charge in [0.15, 0.2) is 11.5 Å². The third-order valence-corrected chi connectivity index (χ3v) is 9.74. The first-order valence-corrected chi connectivity index (χ1v) is 16.3. The maximum atomic E-state index is 11.5. The van der Waals surface area contributed by atoms with Gasteiger partial charge in [-0.3, -0.25) is 0 Å². The molecule has 0 spiro atoms. The molecule has 0 unspecified atom stereocenters. The molecule has 6 aromatic carbocycles. The number of phenols is 3. The van der Waals surface area contributed by atoms with Crippen molar-refractivity contribution in [2.24, 2.45) is 0 Å². The van der Waals surface area contributed by atoms with Crippen LogP contribution in [0.3, 0.4) is 0 Å². The van der Waals surface area contributed by atoms with E-state index in [0.29, 0.717) is 11.1 Å². The van der Waals surface area contributed by atoms with Crippen LogP contribution in [0.4, 0.5) is 17.1 Å². The summed E-state index contributed by atoms with van der Waals surface area (Å²) in [4.78, 5) is 1.84. The summed E-state index contributed by atoms with van der Waals surface area (Å²) in [6.07, 6.45) is 10.5. The maximum absolute atomic E-state index is 11.5. The number of hydrogen-bond donors (Lipinski definition) is 3. The van der Waals surface area contributed by atoms with Gasteiger partial charge in [0.2, 0.25) is 0 Å². The van der Waals surface area contributed by atoms with Crippen LogP contribution in [0.5, 0.6) is 17.2 Å². The Morgan fingerprint density at radius 1 is 0.625 bits per heavy atom. The van der Waals surface area contributed by atoms with Gasteiger partial charge in [-0.15, -0.1) is 0 Å². The van der Waals surface area contributed by atoms with Crippen molar-refractivity contribution in [2.45, 2.75) is 40.0 Å². The van der Waals surface area contributed by atoms with E-state index in [1.54, 1.807) is 13.8 Å². The second kappa shape index (κ2) is 11.8. The highest BCUT2D eigenvalue weighted by atomic mass is 16.3. The minimum atomic E-state index is -0.368. The van der Waals surface area contributed by atoms with Gasteiger partial charge in [0.1, 0.15) is 11.4 Å². The van der Waals surface area contributed by atoms with Gasteiger partial charge < -0.3 is 20.2 Å². The van der Waals surface area contributed by atoms with E-state index in [4.69, 9.17) is 0 Å². The summed E-state index contributed by atoms with van der Waals surface area (Å²) in [7, 11) is 0. The molecule has 0 saturated heterocycles. The van der Waals surface area contributed by atoms with Gasteiger partial charge in [-0.1, -0.05) is 111 Å². The zero-order chi connectivity index (χ0) is 33.7. The van der Waals surface area contributed by atoms with Crippen LogP contribution in [0.15, 0.2) is 127 Å². The third-order valence-electron chi connectivity index (χ3n) is 9.74. The van der Waals surface area contributed by atoms with Crippen molar-refractivity contribution in [1.82, 2.24) is 0 Å². The van der Waals surface area contributed by atoms with Crippen LogP contribution < -0.4 is 4.90 Å². The van der Waals surface area contributed by atoms with Crippen LogP contribution in [0, 0.1) is 13.8 Å². The van der Waals surface area contributed by atoms with Gasteiger partial charge in [-0.05, 0) is 106 Å². The Morgan fingerprint density at radius 3 is 2.00 bits per heavy atom. The van der Waals surface area contributed by atoms with Crippen molar-refractivity contribution in [3.05, 3.63) is 150 Å². The second-order valence-electron chi connectivity index (χ2n) is 13.2. The van der Waals surface area contributed by atoms with Crippen LogP contribution in [-0.2, 0) is 5.41 Å². The van der Waals surface area contributed by atoms with E-state index in [1.807, 2.05) is 48.3 Å². The number of rotatable bonds is 6. The molecule has 0 amide bonds. The van der Waals surface area contributed by atoms with E-state index >= 15 is 0 Å². The molecule has 0 aromatic heterocycles. The molecule has 1 aliphatic carbocycles. The fourth-order valence-electron chi connectivity index (χ4n) is 7.05. The number of phenolic OH excluding ortho intramolecular Hbond substituents is 3. The molecular formula is C44H39NO3. The second-order valence-corrected chi connectivity index (χ2v) is 13.2. The molecule has 0 fully saturated rings. The molecule has 7 rings (SSSR count). The lowest BCUT2D eigenvalue weighted by atomic mass is 9.86. The van der Waals surface area contributed by atoms with Crippen LogP contribution in [0.1, 0.15) is 43.0 Å². The molecule has 4 heteroatoms. The highest BCUT2D eigenvalue weighted by Gasteiger charge is 2.32. The molecule has 238 valence electrons. The van der Waals surface area contributed by atoms with Crippen molar-refractivity contribution < 1.29 is 15.3 Å². The van der Waals surface area contributed by atoms with Crippen LogP contribution >= 0.6 is 0 Å². The molecule has 0 heterocycles. The van der Waals surface area contributed by atoms with Gasteiger partial charge >= 0.3 is 0 Å². The highest BCUT2D eigenvalue weighted by Crippen LogP contribution is 2.53. The van der Waals surface area contributed by atoms with Gasteiger partial charge in [-0.25, -0.2) is 0 Å². The third kappa shape index (κ3) is 5.01. The fraction of sp³-hybridized carbons (Fsp3) is 0.136. The lowest BCUT2D eigenvalue weighted by molar-refractivity contribution is 0.394. The van der Waals surface area contributed by atoms with Gasteiger partial charge in [0, 0.05) is 22.4 Å². The molecule has 6 aromatic rings. The fourth-order valence-corrected chi connectivity index (χ4v) is 7.05. The summed E-state index contributed by atoms with van der Waals surface area (Å²) in [6, 6.07) is 33.6. The number of fused-ring (bicyclic) bond motifs is 4. The molecule has 0 radical (unpaired) electrons. The number of anilines is 3. The Kier molecular flexibility index (Phi) is 7.60. The van der Waals surface area contributed by atoms with E-state index in [0.717, 1.165) is 39.2 Å². The predicted octanol–water partition coefficient (Wildman–Crippen LogP) is 11.7. The molecule has 4 nitrogen and oxygen atoms in total. The summed E-state index contributed by atoms with van der Waals surface area (Å²) in [5.41, 5.74) is 7.91. The summed E-state index contributed by atoms with van der Waals surface area (Å²) in [6.45, 7) is 9.82. The standard InChI is InChI=1S/C44H39NO3/c1-6-7-8-14-31-26-44(4,5)39-25-33(22-23-35(31)39)45(40-41(46)27(2)28(3)42(47)43(40)48)32-20-18-29(19-21-32)38-24-30-13-9-10-15-34(30)36-16-11-12-17-37(36)38/h6-26,46-48H,1-5H3/b7-6-,14-8-. The van der Waals surface area contributed by atoms with Crippen molar-refractivity contribution in [3.8, 4) is 28.4 Å². The monoisotopic (exact) mass is 629 g/mol. The largest absolute Gasteiger partial charge is 0.505 e. The first-order valence-electron chi connectivity index (χ1n) is 16.3. The minimum Gasteiger partial charge on any atom is -0.505 e. The molecule has 0 atom stereocenters. The topological polar surface area (TPSA) is 63.9 Å². The summed E-state index contributed by atoms with van der Waals surface area (Å²) < 4.78 is 0. The summed E-state index contributed by atoms with van der Waals surface area (Å²) >= 11 is 0. The van der Waals surface area contributed by atoms with Gasteiger partial charge in [0.05, 0.1) is 0 Å². The Bertz CT molecular complexity index is 2290. The molecule has 0 saturated carbocycles. The number of hydrogen-bond acceptors (Lipinski definition) is 4. The number of aromatic hydroxyl groups is 3. The van der Waals surface area contributed by atoms with Crippen molar-refractivity contribution in [2.75, 3.05) is 4.90 Å². The van der Waals surface area contributed by atoms with Crippen LogP contribution in [0.2, 0.25) is 0 Å². The number of allylic oxidation sites excluding steroid dienone is 6. The zero-order valence-corrected chi connectivity index (χ0v) is 27.9. The lowest BCUT2D eigenvalue weighted by Gasteiger charge is -2.30. The Morgan fingerprint density at radius 2 is 1.27 bits per heavy atom. The Labute approximate surface area is 281 Å². The molecule has 48 heavy (non-hydrogen) atoms. The van der Waals surface area contributed by atoms with E-state index < -0.39 is 0 Å². The quantitative estimate of drug-likeness (QED) is 0.0742. The summed E-state index contributed by atoms with van der Waals surface area (Å²) in [5, 5.41) is 38.7. The van der Waals surface area contributed by atoms with E-state index in [1.165, 1.54) is 21.5 Å². The first-order chi connectivity index (χ1) is 23.1. The number of nitrogens with zero attached hydrogens (tertiary/aromatic N) is 1. The van der Waals surface area contributed by atoms with E-state index in [9.17, 15) is 15.3 Å². The van der Waals surface area contributed by atoms with Gasteiger partial charge in [-0.2, -0.15) is 0 Å². The molecular weight excluding hydrogens is 590 g/mol. The van der Waals surface area contributed by atoms with Crippen LogP contribution in [0.25, 0.3) is 38.2 Å². The van der Waals surface area contributed by atoms with Crippen LogP contribution in [-0.4, -0.2) is 15.3 Å². The zero-order valence-electron chi connectivity index (χ0n) is 27.9. The van der Waals surface area contributed by atoms with Crippen molar-refractivity contribution >= 4 is 44.2 Å². The average Bonchev–Trinajstić information content (AvgIpc) is 3.36. The number of benzene rings is 6. The normalized spacial score (nSPS) is 13.9. The molecule has 0 aliphatic heterocycles. The average molecular weight is 630 g/mol. The molecule has 3 N–H and O–H groups in total. The predicted molar refractivity (Wildman–Crippen MR) is 201 cm³/mol. The van der Waals surface area contributed by atoms with E-state index in [-0.39, 0.29) is 28.4 Å². The van der Waals surface area contributed by atoms with Crippen molar-refractivity contribution in [1.29, 1.82) is 0 Å². The lowest BCUT2D eigenvalue weighted by Crippen LogP contribution is -2.15. The summed E-state index contributed by atoms with van der Waals surface area (Å²) in [5.74, 6) is -0.697. The highest BCUT2D eigenvalue weighted by molar-refractivity contribution is 6.13. The first kappa shape index (κ1) is 30.9. The van der Waals surface area contributed by atoms with Gasteiger partial charge in [0.25, 0.3) is 0 Å². The Balaban J connectivity index is 1.41. The van der Waals surface area contributed by atoms with Crippen molar-refractivity contribution in [3.63, 3.8) is 0 Å². The molecule has 0 bridgehead atoms. The maximum Gasteiger partial charge on any atom is 0.186 e. The van der Waals surface area contributed by atoms with E-state index in [2.05, 4.69) is 105 Å².